The minimum atomic E-state index is -0.145. The van der Waals surface area contributed by atoms with Crippen LogP contribution in [0.2, 0.25) is 0 Å². The lowest BCUT2D eigenvalue weighted by atomic mass is 10.2. The molecule has 0 aliphatic heterocycles. The average Bonchev–Trinajstić information content (AvgIpc) is 2.97. The topological polar surface area (TPSA) is 87.8 Å². The summed E-state index contributed by atoms with van der Waals surface area (Å²) in [7, 11) is 1.98. The minimum absolute atomic E-state index is 0.0276. The molecular formula is C20H31N3O4. The first-order valence-corrected chi connectivity index (χ1v) is 9.68. The van der Waals surface area contributed by atoms with Gasteiger partial charge in [0, 0.05) is 38.7 Å². The summed E-state index contributed by atoms with van der Waals surface area (Å²) >= 11 is 0. The molecule has 0 bridgehead atoms. The van der Waals surface area contributed by atoms with Gasteiger partial charge in [-0.1, -0.05) is 13.3 Å². The first kappa shape index (κ1) is 21.2. The predicted octanol–water partition coefficient (Wildman–Crippen LogP) is 2.03. The number of ether oxygens (including phenoxy) is 1. The molecule has 2 N–H and O–H groups in total. The molecule has 1 heterocycles. The number of carbonyl (C=O) groups excluding carboxylic acids is 1. The minimum Gasteiger partial charge on any atom is -0.466 e. The van der Waals surface area contributed by atoms with E-state index in [-0.39, 0.29) is 19.2 Å². The monoisotopic (exact) mass is 377 g/mol. The van der Waals surface area contributed by atoms with Crippen LogP contribution in [-0.2, 0) is 23.0 Å². The number of benzene rings is 1. The second-order valence-corrected chi connectivity index (χ2v) is 6.62. The Labute approximate surface area is 160 Å². The van der Waals surface area contributed by atoms with E-state index in [1.807, 2.05) is 34.7 Å². The third-order valence-corrected chi connectivity index (χ3v) is 4.60. The van der Waals surface area contributed by atoms with Gasteiger partial charge in [0.2, 0.25) is 0 Å². The lowest BCUT2D eigenvalue weighted by molar-refractivity contribution is -0.143. The third kappa shape index (κ3) is 5.94. The van der Waals surface area contributed by atoms with E-state index in [2.05, 4.69) is 6.92 Å². The molecule has 2 aromatic rings. The SMILES string of the molecule is CCCCOC(=O)CCCc1nc2cc(N(CCO)CCO)ccc2n1C. The highest BCUT2D eigenvalue weighted by Gasteiger charge is 2.12. The summed E-state index contributed by atoms with van der Waals surface area (Å²) in [6.45, 7) is 3.55. The zero-order valence-corrected chi connectivity index (χ0v) is 16.4. The van der Waals surface area contributed by atoms with Gasteiger partial charge in [-0.3, -0.25) is 4.79 Å². The van der Waals surface area contributed by atoms with Crippen LogP contribution in [0.5, 0.6) is 0 Å². The van der Waals surface area contributed by atoms with E-state index < -0.39 is 0 Å². The van der Waals surface area contributed by atoms with Crippen LogP contribution in [0.1, 0.15) is 38.4 Å². The number of hydrogen-bond acceptors (Lipinski definition) is 6. The lowest BCUT2D eigenvalue weighted by Gasteiger charge is -2.22. The number of nitrogens with zero attached hydrogens (tertiary/aromatic N) is 3. The summed E-state index contributed by atoms with van der Waals surface area (Å²) in [5, 5.41) is 18.4. The molecule has 0 radical (unpaired) electrons. The molecule has 0 spiro atoms. The van der Waals surface area contributed by atoms with Gasteiger partial charge in [-0.15, -0.1) is 0 Å². The van der Waals surface area contributed by atoms with Gasteiger partial charge < -0.3 is 24.4 Å². The molecule has 1 aromatic carbocycles. The Balaban J connectivity index is 2.02. The second kappa shape index (κ2) is 10.9. The first-order chi connectivity index (χ1) is 13.1. The molecule has 0 unspecified atom stereocenters. The Morgan fingerprint density at radius 3 is 2.63 bits per heavy atom. The summed E-state index contributed by atoms with van der Waals surface area (Å²) in [5.41, 5.74) is 2.82. The van der Waals surface area contributed by atoms with Gasteiger partial charge in [0.25, 0.3) is 0 Å². The standard InChI is InChI=1S/C20H31N3O4/c1-3-4-14-27-20(26)7-5-6-19-21-17-15-16(8-9-18(17)22(19)2)23(10-12-24)11-13-25/h8-9,15,24-25H,3-7,10-14H2,1-2H3. The van der Waals surface area contributed by atoms with Gasteiger partial charge in [-0.05, 0) is 31.0 Å². The molecule has 0 atom stereocenters. The Hall–Kier alpha value is -2.12. The molecule has 150 valence electrons. The Morgan fingerprint density at radius 2 is 1.96 bits per heavy atom. The summed E-state index contributed by atoms with van der Waals surface area (Å²) < 4.78 is 7.23. The molecule has 27 heavy (non-hydrogen) atoms. The quantitative estimate of drug-likeness (QED) is 0.435. The van der Waals surface area contributed by atoms with Crippen molar-refractivity contribution in [1.82, 2.24) is 9.55 Å². The van der Waals surface area contributed by atoms with E-state index in [9.17, 15) is 15.0 Å². The van der Waals surface area contributed by atoms with Crippen LogP contribution >= 0.6 is 0 Å². The Kier molecular flexibility index (Phi) is 8.54. The van der Waals surface area contributed by atoms with Crippen LogP contribution in [0.25, 0.3) is 11.0 Å². The van der Waals surface area contributed by atoms with Crippen molar-refractivity contribution in [2.24, 2.45) is 7.05 Å². The number of aliphatic hydroxyl groups excluding tert-OH is 2. The summed E-state index contributed by atoms with van der Waals surface area (Å²) in [4.78, 5) is 18.3. The number of imidazole rings is 1. The molecular weight excluding hydrogens is 346 g/mol. The lowest BCUT2D eigenvalue weighted by Crippen LogP contribution is -2.29. The normalized spacial score (nSPS) is 11.1. The largest absolute Gasteiger partial charge is 0.466 e. The van der Waals surface area contributed by atoms with Gasteiger partial charge in [0.05, 0.1) is 30.9 Å². The van der Waals surface area contributed by atoms with E-state index in [4.69, 9.17) is 9.72 Å². The van der Waals surface area contributed by atoms with Crippen molar-refractivity contribution >= 4 is 22.7 Å². The van der Waals surface area contributed by atoms with Gasteiger partial charge in [0.15, 0.2) is 0 Å². The van der Waals surface area contributed by atoms with E-state index in [0.717, 1.165) is 35.4 Å². The summed E-state index contributed by atoms with van der Waals surface area (Å²) in [5.74, 6) is 0.785. The number of carbonyl (C=O) groups is 1. The maximum absolute atomic E-state index is 11.7. The molecule has 0 amide bonds. The molecule has 0 saturated heterocycles. The predicted molar refractivity (Wildman–Crippen MR) is 106 cm³/mol. The van der Waals surface area contributed by atoms with Crippen molar-refractivity contribution in [2.75, 3.05) is 37.8 Å². The van der Waals surface area contributed by atoms with Crippen molar-refractivity contribution < 1.29 is 19.7 Å². The smallest absolute Gasteiger partial charge is 0.305 e. The van der Waals surface area contributed by atoms with Crippen LogP contribution in [0.15, 0.2) is 18.2 Å². The molecule has 0 fully saturated rings. The van der Waals surface area contributed by atoms with E-state index in [1.165, 1.54) is 0 Å². The maximum atomic E-state index is 11.7. The first-order valence-electron chi connectivity index (χ1n) is 9.68. The number of aromatic nitrogens is 2. The fourth-order valence-corrected chi connectivity index (χ4v) is 3.06. The van der Waals surface area contributed by atoms with Crippen molar-refractivity contribution in [3.05, 3.63) is 24.0 Å². The number of unbranched alkanes of at least 4 members (excludes halogenated alkanes) is 1. The molecule has 0 saturated carbocycles. The van der Waals surface area contributed by atoms with Crippen LogP contribution in [0.4, 0.5) is 5.69 Å². The number of anilines is 1. The molecule has 2 rings (SSSR count). The zero-order valence-electron chi connectivity index (χ0n) is 16.4. The highest BCUT2D eigenvalue weighted by Crippen LogP contribution is 2.23. The second-order valence-electron chi connectivity index (χ2n) is 6.62. The highest BCUT2D eigenvalue weighted by atomic mass is 16.5. The fourth-order valence-electron chi connectivity index (χ4n) is 3.06. The molecule has 0 aliphatic carbocycles. The maximum Gasteiger partial charge on any atom is 0.305 e. The third-order valence-electron chi connectivity index (χ3n) is 4.60. The number of aryl methyl sites for hydroxylation is 2. The number of aliphatic hydroxyl groups is 2. The summed E-state index contributed by atoms with van der Waals surface area (Å²) in [6, 6.07) is 5.95. The van der Waals surface area contributed by atoms with Crippen LogP contribution in [0.3, 0.4) is 0 Å². The average molecular weight is 377 g/mol. The number of esters is 1. The Morgan fingerprint density at radius 1 is 1.22 bits per heavy atom. The van der Waals surface area contributed by atoms with Crippen molar-refractivity contribution in [1.29, 1.82) is 0 Å². The molecule has 7 nitrogen and oxygen atoms in total. The highest BCUT2D eigenvalue weighted by molar-refractivity contribution is 5.80. The molecule has 1 aromatic heterocycles. The van der Waals surface area contributed by atoms with Gasteiger partial charge in [0.1, 0.15) is 5.82 Å². The van der Waals surface area contributed by atoms with Gasteiger partial charge in [-0.25, -0.2) is 4.98 Å². The number of rotatable bonds is 12. The molecule has 0 aliphatic rings. The fraction of sp³-hybridized carbons (Fsp3) is 0.600. The molecule has 7 heteroatoms. The van der Waals surface area contributed by atoms with E-state index in [1.54, 1.807) is 0 Å². The van der Waals surface area contributed by atoms with Crippen molar-refractivity contribution in [3.63, 3.8) is 0 Å². The van der Waals surface area contributed by atoms with Crippen LogP contribution in [0, 0.1) is 0 Å². The number of fused-ring (bicyclic) bond motifs is 1. The van der Waals surface area contributed by atoms with Gasteiger partial charge >= 0.3 is 5.97 Å². The van der Waals surface area contributed by atoms with E-state index >= 15 is 0 Å². The zero-order chi connectivity index (χ0) is 19.6. The van der Waals surface area contributed by atoms with E-state index in [0.29, 0.717) is 39.0 Å². The summed E-state index contributed by atoms with van der Waals surface area (Å²) in [6.07, 6.45) is 3.74. The van der Waals surface area contributed by atoms with Crippen molar-refractivity contribution in [3.8, 4) is 0 Å². The van der Waals surface area contributed by atoms with Crippen LogP contribution in [-0.4, -0.2) is 58.6 Å². The van der Waals surface area contributed by atoms with Crippen LogP contribution < -0.4 is 4.90 Å². The Bertz CT molecular complexity index is 723. The van der Waals surface area contributed by atoms with Crippen molar-refractivity contribution in [2.45, 2.75) is 39.0 Å². The number of hydrogen-bond donors (Lipinski definition) is 2. The van der Waals surface area contributed by atoms with Gasteiger partial charge in [-0.2, -0.15) is 0 Å².